The van der Waals surface area contributed by atoms with E-state index in [9.17, 15) is 4.79 Å². The molecule has 0 fully saturated rings. The summed E-state index contributed by atoms with van der Waals surface area (Å²) in [7, 11) is 6.18. The van der Waals surface area contributed by atoms with Crippen LogP contribution >= 0.6 is 0 Å². The van der Waals surface area contributed by atoms with Crippen LogP contribution in [0, 0.1) is 0 Å². The molecule has 0 radical (unpaired) electrons. The zero-order valence-corrected chi connectivity index (χ0v) is 18.3. The molecular formula is C23H31NO6. The van der Waals surface area contributed by atoms with E-state index in [1.54, 1.807) is 19.2 Å². The maximum absolute atomic E-state index is 12.9. The summed E-state index contributed by atoms with van der Waals surface area (Å²) >= 11 is 0. The highest BCUT2D eigenvalue weighted by Crippen LogP contribution is 2.38. The number of carbonyl (C=O) groups excluding carboxylic acids is 1. The fourth-order valence-electron chi connectivity index (χ4n) is 3.29. The molecule has 0 aliphatic carbocycles. The van der Waals surface area contributed by atoms with Gasteiger partial charge in [-0.3, -0.25) is 0 Å². The van der Waals surface area contributed by atoms with Crippen LogP contribution in [0.25, 0.3) is 0 Å². The number of ether oxygens (including phenoxy) is 5. The molecule has 0 amide bonds. The van der Waals surface area contributed by atoms with Gasteiger partial charge in [-0.1, -0.05) is 37.3 Å². The van der Waals surface area contributed by atoms with Crippen molar-refractivity contribution in [1.29, 1.82) is 0 Å². The molecule has 0 unspecified atom stereocenters. The van der Waals surface area contributed by atoms with Crippen molar-refractivity contribution in [3.63, 3.8) is 0 Å². The minimum Gasteiger partial charge on any atom is -0.493 e. The molecule has 1 N–H and O–H groups in total. The standard InChI is InChI=1S/C23H31NO6/c1-6-23(24-12-13-26-2,18-10-8-7-9-11-18)16-30-22(25)17-14-19(27-3)21(29-5)20(15-17)28-4/h7-11,14-15,24H,6,12-13,16H2,1-5H3/t23-/m1/s1. The summed E-state index contributed by atoms with van der Waals surface area (Å²) in [6, 6.07) is 13.1. The van der Waals surface area contributed by atoms with Crippen LogP contribution in [0.2, 0.25) is 0 Å². The average molecular weight is 418 g/mol. The fourth-order valence-corrected chi connectivity index (χ4v) is 3.29. The normalized spacial score (nSPS) is 12.7. The molecule has 30 heavy (non-hydrogen) atoms. The summed E-state index contributed by atoms with van der Waals surface area (Å²) < 4.78 is 26.9. The zero-order chi connectivity index (χ0) is 22.0. The lowest BCUT2D eigenvalue weighted by Gasteiger charge is -2.34. The predicted molar refractivity (Wildman–Crippen MR) is 115 cm³/mol. The number of methoxy groups -OCH3 is 4. The molecule has 0 bridgehead atoms. The lowest BCUT2D eigenvalue weighted by atomic mass is 9.88. The topological polar surface area (TPSA) is 75.3 Å². The minimum absolute atomic E-state index is 0.159. The van der Waals surface area contributed by atoms with Crippen molar-refractivity contribution in [2.45, 2.75) is 18.9 Å². The first-order valence-corrected chi connectivity index (χ1v) is 9.81. The monoisotopic (exact) mass is 417 g/mol. The number of hydrogen-bond acceptors (Lipinski definition) is 7. The van der Waals surface area contributed by atoms with Crippen LogP contribution in [-0.2, 0) is 15.0 Å². The molecular weight excluding hydrogens is 386 g/mol. The number of hydrogen-bond donors (Lipinski definition) is 1. The van der Waals surface area contributed by atoms with Crippen molar-refractivity contribution in [2.75, 3.05) is 48.2 Å². The van der Waals surface area contributed by atoms with Gasteiger partial charge in [-0.15, -0.1) is 0 Å². The summed E-state index contributed by atoms with van der Waals surface area (Å²) in [5.74, 6) is 0.736. The lowest BCUT2D eigenvalue weighted by Crippen LogP contribution is -2.47. The Kier molecular flexibility index (Phi) is 8.95. The van der Waals surface area contributed by atoms with Gasteiger partial charge in [0, 0.05) is 13.7 Å². The summed E-state index contributed by atoms with van der Waals surface area (Å²) in [4.78, 5) is 12.9. The number of rotatable bonds is 12. The van der Waals surface area contributed by atoms with Crippen LogP contribution in [0.3, 0.4) is 0 Å². The van der Waals surface area contributed by atoms with Gasteiger partial charge in [0.05, 0.1) is 39.0 Å². The van der Waals surface area contributed by atoms with Crippen LogP contribution in [0.15, 0.2) is 42.5 Å². The number of carbonyl (C=O) groups is 1. The van der Waals surface area contributed by atoms with E-state index in [2.05, 4.69) is 12.2 Å². The summed E-state index contributed by atoms with van der Waals surface area (Å²) in [6.07, 6.45) is 0.725. The summed E-state index contributed by atoms with van der Waals surface area (Å²) in [5.41, 5.74) is 0.830. The molecule has 0 aliphatic heterocycles. The Hall–Kier alpha value is -2.77. The third-order valence-corrected chi connectivity index (χ3v) is 5.05. The zero-order valence-electron chi connectivity index (χ0n) is 18.3. The van der Waals surface area contributed by atoms with Gasteiger partial charge in [-0.25, -0.2) is 4.79 Å². The predicted octanol–water partition coefficient (Wildman–Crippen LogP) is 3.41. The van der Waals surface area contributed by atoms with Crippen LogP contribution in [-0.4, -0.2) is 54.2 Å². The number of nitrogens with one attached hydrogen (secondary N) is 1. The molecule has 2 aromatic rings. The van der Waals surface area contributed by atoms with Crippen molar-refractivity contribution in [1.82, 2.24) is 5.32 Å². The first-order chi connectivity index (χ1) is 14.5. The molecule has 7 heteroatoms. The Morgan fingerprint density at radius 2 is 1.60 bits per heavy atom. The van der Waals surface area contributed by atoms with Gasteiger partial charge in [-0.2, -0.15) is 0 Å². The second-order valence-corrected chi connectivity index (χ2v) is 6.71. The first-order valence-electron chi connectivity index (χ1n) is 9.81. The Labute approximate surface area is 178 Å². The van der Waals surface area contributed by atoms with Crippen molar-refractivity contribution in [3.8, 4) is 17.2 Å². The summed E-state index contributed by atoms with van der Waals surface area (Å²) in [5, 5.41) is 3.50. The molecule has 164 valence electrons. The van der Waals surface area contributed by atoms with E-state index < -0.39 is 11.5 Å². The Balaban J connectivity index is 2.27. The number of esters is 1. The Bertz CT molecular complexity index is 786. The second kappa shape index (κ2) is 11.4. The Morgan fingerprint density at radius 3 is 2.10 bits per heavy atom. The quantitative estimate of drug-likeness (QED) is 0.419. The van der Waals surface area contributed by atoms with E-state index in [4.69, 9.17) is 23.7 Å². The largest absolute Gasteiger partial charge is 0.493 e. The van der Waals surface area contributed by atoms with Crippen LogP contribution < -0.4 is 19.5 Å². The smallest absolute Gasteiger partial charge is 0.338 e. The van der Waals surface area contributed by atoms with Gasteiger partial charge in [0.1, 0.15) is 6.61 Å². The van der Waals surface area contributed by atoms with Gasteiger partial charge in [-0.05, 0) is 24.1 Å². The van der Waals surface area contributed by atoms with Gasteiger partial charge in [0.25, 0.3) is 0 Å². The molecule has 2 aromatic carbocycles. The van der Waals surface area contributed by atoms with Gasteiger partial charge >= 0.3 is 5.97 Å². The molecule has 0 spiro atoms. The molecule has 2 rings (SSSR count). The molecule has 0 aromatic heterocycles. The third-order valence-electron chi connectivity index (χ3n) is 5.05. The molecule has 0 saturated carbocycles. The number of benzene rings is 2. The van der Waals surface area contributed by atoms with E-state index in [1.165, 1.54) is 21.3 Å². The Morgan fingerprint density at radius 1 is 0.967 bits per heavy atom. The SMILES string of the molecule is CC[C@](COC(=O)c1cc(OC)c(OC)c(OC)c1)(NCCOC)c1ccccc1. The summed E-state index contributed by atoms with van der Waals surface area (Å²) in [6.45, 7) is 3.39. The molecule has 7 nitrogen and oxygen atoms in total. The lowest BCUT2D eigenvalue weighted by molar-refractivity contribution is 0.0339. The molecule has 0 saturated heterocycles. The van der Waals surface area contributed by atoms with Crippen LogP contribution in [0.1, 0.15) is 29.3 Å². The molecule has 0 heterocycles. The van der Waals surface area contributed by atoms with E-state index in [0.29, 0.717) is 36.0 Å². The highest BCUT2D eigenvalue weighted by Gasteiger charge is 2.32. The third kappa shape index (κ3) is 5.43. The van der Waals surface area contributed by atoms with Crippen molar-refractivity contribution >= 4 is 5.97 Å². The van der Waals surface area contributed by atoms with E-state index in [1.807, 2.05) is 30.3 Å². The van der Waals surface area contributed by atoms with Crippen LogP contribution in [0.4, 0.5) is 0 Å². The highest BCUT2D eigenvalue weighted by atomic mass is 16.5. The first kappa shape index (κ1) is 23.5. The average Bonchev–Trinajstić information content (AvgIpc) is 2.80. The van der Waals surface area contributed by atoms with Crippen molar-refractivity contribution < 1.29 is 28.5 Å². The van der Waals surface area contributed by atoms with Gasteiger partial charge < -0.3 is 29.0 Å². The van der Waals surface area contributed by atoms with E-state index in [-0.39, 0.29) is 6.61 Å². The molecule has 1 atom stereocenters. The van der Waals surface area contributed by atoms with Crippen molar-refractivity contribution in [2.24, 2.45) is 0 Å². The van der Waals surface area contributed by atoms with E-state index in [0.717, 1.165) is 12.0 Å². The van der Waals surface area contributed by atoms with Crippen molar-refractivity contribution in [3.05, 3.63) is 53.6 Å². The van der Waals surface area contributed by atoms with Gasteiger partial charge in [0.15, 0.2) is 11.5 Å². The fraction of sp³-hybridized carbons (Fsp3) is 0.435. The van der Waals surface area contributed by atoms with Gasteiger partial charge in [0.2, 0.25) is 5.75 Å². The highest BCUT2D eigenvalue weighted by molar-refractivity contribution is 5.91. The maximum Gasteiger partial charge on any atom is 0.338 e. The van der Waals surface area contributed by atoms with E-state index >= 15 is 0 Å². The second-order valence-electron chi connectivity index (χ2n) is 6.71. The maximum atomic E-state index is 12.9. The molecule has 0 aliphatic rings. The van der Waals surface area contributed by atoms with Crippen LogP contribution in [0.5, 0.6) is 17.2 Å². The minimum atomic E-state index is -0.532.